The van der Waals surface area contributed by atoms with E-state index in [4.69, 9.17) is 4.74 Å². The molecule has 0 atom stereocenters. The lowest BCUT2D eigenvalue weighted by atomic mass is 10.2. The summed E-state index contributed by atoms with van der Waals surface area (Å²) in [6.07, 6.45) is 1.61. The fraction of sp³-hybridized carbons (Fsp3) is 0.0870. The van der Waals surface area contributed by atoms with E-state index in [1.54, 1.807) is 31.3 Å². The van der Waals surface area contributed by atoms with Gasteiger partial charge in [-0.3, -0.25) is 4.79 Å². The summed E-state index contributed by atoms with van der Waals surface area (Å²) in [6, 6.07) is 17.3. The van der Waals surface area contributed by atoms with E-state index in [9.17, 15) is 9.18 Å². The van der Waals surface area contributed by atoms with Gasteiger partial charge in [0.2, 0.25) is 0 Å². The number of rotatable bonds is 5. The summed E-state index contributed by atoms with van der Waals surface area (Å²) in [7, 11) is 0. The highest BCUT2D eigenvalue weighted by molar-refractivity contribution is 14.1. The van der Waals surface area contributed by atoms with Gasteiger partial charge in [0, 0.05) is 4.47 Å². The standard InChI is InChI=1S/C23H16BrFIN3O2/c1-14-28-21-7-6-17(24)11-19(21)23(30)29(14)27-12-15-5-8-22(20(26)10-15)31-13-16-3-2-4-18(25)9-16/h2-12H,13H2,1H3. The minimum Gasteiger partial charge on any atom is -0.488 e. The zero-order valence-corrected chi connectivity index (χ0v) is 20.1. The van der Waals surface area contributed by atoms with Gasteiger partial charge in [0.15, 0.2) is 0 Å². The van der Waals surface area contributed by atoms with Crippen LogP contribution in [0.15, 0.2) is 75.0 Å². The van der Waals surface area contributed by atoms with Crippen LogP contribution < -0.4 is 10.3 Å². The van der Waals surface area contributed by atoms with Crippen LogP contribution in [0, 0.1) is 16.3 Å². The van der Waals surface area contributed by atoms with E-state index in [-0.39, 0.29) is 18.0 Å². The summed E-state index contributed by atoms with van der Waals surface area (Å²) in [5, 5.41) is 4.84. The van der Waals surface area contributed by atoms with E-state index in [2.05, 4.69) is 48.6 Å². The van der Waals surface area contributed by atoms with E-state index in [1.807, 2.05) is 30.3 Å². The molecule has 4 rings (SSSR count). The number of nitrogens with zero attached hydrogens (tertiary/aromatic N) is 3. The van der Waals surface area contributed by atoms with Crippen molar-refractivity contribution < 1.29 is 9.13 Å². The molecule has 31 heavy (non-hydrogen) atoms. The van der Waals surface area contributed by atoms with Gasteiger partial charge in [-0.15, -0.1) is 0 Å². The second-order valence-electron chi connectivity index (χ2n) is 6.79. The Kier molecular flexibility index (Phi) is 6.47. The summed E-state index contributed by atoms with van der Waals surface area (Å²) >= 11 is 5.56. The van der Waals surface area contributed by atoms with Gasteiger partial charge < -0.3 is 4.74 Å². The number of hydrogen-bond acceptors (Lipinski definition) is 4. The Hall–Kier alpha value is -2.59. The van der Waals surface area contributed by atoms with Crippen LogP contribution >= 0.6 is 38.5 Å². The summed E-state index contributed by atoms with van der Waals surface area (Å²) < 4.78 is 22.1. The largest absolute Gasteiger partial charge is 0.488 e. The van der Waals surface area contributed by atoms with Crippen LogP contribution in [0.25, 0.3) is 10.9 Å². The first-order chi connectivity index (χ1) is 14.9. The molecule has 0 aliphatic carbocycles. The van der Waals surface area contributed by atoms with Crippen molar-refractivity contribution in [1.29, 1.82) is 0 Å². The molecule has 1 aromatic heterocycles. The third-order valence-electron chi connectivity index (χ3n) is 4.53. The van der Waals surface area contributed by atoms with Gasteiger partial charge in [0.1, 0.15) is 24.0 Å². The molecule has 0 spiro atoms. The molecule has 0 amide bonds. The Balaban J connectivity index is 1.56. The van der Waals surface area contributed by atoms with Crippen molar-refractivity contribution in [2.75, 3.05) is 0 Å². The maximum absolute atomic E-state index is 13.3. The van der Waals surface area contributed by atoms with Gasteiger partial charge in [-0.05, 0) is 89.2 Å². The van der Waals surface area contributed by atoms with E-state index in [0.29, 0.717) is 22.5 Å². The number of aromatic nitrogens is 2. The van der Waals surface area contributed by atoms with Crippen molar-refractivity contribution in [3.63, 3.8) is 0 Å². The Labute approximate surface area is 199 Å². The maximum atomic E-state index is 13.3. The topological polar surface area (TPSA) is 56.5 Å². The second-order valence-corrected chi connectivity index (χ2v) is 8.87. The van der Waals surface area contributed by atoms with E-state index in [1.165, 1.54) is 16.8 Å². The third kappa shape index (κ3) is 5.01. The minimum atomic E-state index is -0.288. The first-order valence-electron chi connectivity index (χ1n) is 9.31. The van der Waals surface area contributed by atoms with Crippen LogP contribution in [0.1, 0.15) is 17.0 Å². The molecule has 8 heteroatoms. The van der Waals surface area contributed by atoms with Gasteiger partial charge in [-0.2, -0.15) is 9.78 Å². The third-order valence-corrected chi connectivity index (χ3v) is 5.87. The van der Waals surface area contributed by atoms with Gasteiger partial charge in [0.25, 0.3) is 5.56 Å². The highest BCUT2D eigenvalue weighted by atomic mass is 127. The smallest absolute Gasteiger partial charge is 0.282 e. The van der Waals surface area contributed by atoms with Crippen molar-refractivity contribution in [2.45, 2.75) is 13.5 Å². The number of ether oxygens (including phenoxy) is 1. The predicted octanol–water partition coefficient (Wildman–Crippen LogP) is 5.67. The summed E-state index contributed by atoms with van der Waals surface area (Å²) in [5.74, 6) is 0.900. The lowest BCUT2D eigenvalue weighted by Gasteiger charge is -2.09. The highest BCUT2D eigenvalue weighted by Gasteiger charge is 2.08. The molecule has 0 fully saturated rings. The van der Waals surface area contributed by atoms with Gasteiger partial charge in [0.05, 0.1) is 20.7 Å². The Morgan fingerprint density at radius 1 is 1.19 bits per heavy atom. The molecule has 1 heterocycles. The molecule has 0 unspecified atom stereocenters. The summed E-state index contributed by atoms with van der Waals surface area (Å²) in [5.41, 5.74) is 1.96. The Bertz CT molecular complexity index is 1370. The zero-order valence-electron chi connectivity index (χ0n) is 16.3. The van der Waals surface area contributed by atoms with Crippen LogP contribution in [0.2, 0.25) is 0 Å². The van der Waals surface area contributed by atoms with Crippen molar-refractivity contribution in [3.8, 4) is 5.75 Å². The van der Waals surface area contributed by atoms with Crippen LogP contribution in [-0.4, -0.2) is 15.9 Å². The molecule has 0 N–H and O–H groups in total. The van der Waals surface area contributed by atoms with Crippen LogP contribution in [0.3, 0.4) is 0 Å². The molecular formula is C23H16BrFIN3O2. The first-order valence-corrected chi connectivity index (χ1v) is 11.2. The molecular weight excluding hydrogens is 576 g/mol. The normalized spacial score (nSPS) is 11.4. The molecule has 0 bridgehead atoms. The Morgan fingerprint density at radius 3 is 2.81 bits per heavy atom. The van der Waals surface area contributed by atoms with Crippen LogP contribution in [0.5, 0.6) is 5.75 Å². The van der Waals surface area contributed by atoms with Crippen molar-refractivity contribution in [1.82, 2.24) is 9.66 Å². The quantitative estimate of drug-likeness (QED) is 0.222. The number of halogens is 3. The molecule has 3 aromatic carbocycles. The van der Waals surface area contributed by atoms with Gasteiger partial charge in [-0.25, -0.2) is 9.37 Å². The average molecular weight is 592 g/mol. The molecule has 0 radical (unpaired) electrons. The molecule has 5 nitrogen and oxygen atoms in total. The number of aryl methyl sites for hydroxylation is 1. The molecule has 0 aliphatic rings. The number of fused-ring (bicyclic) bond motifs is 1. The van der Waals surface area contributed by atoms with Gasteiger partial charge in [-0.1, -0.05) is 28.1 Å². The second kappa shape index (κ2) is 9.27. The molecule has 0 saturated carbocycles. The molecule has 156 valence electrons. The molecule has 4 aromatic rings. The average Bonchev–Trinajstić information content (AvgIpc) is 2.74. The fourth-order valence-electron chi connectivity index (χ4n) is 3.02. The van der Waals surface area contributed by atoms with E-state index >= 15 is 0 Å². The van der Waals surface area contributed by atoms with E-state index < -0.39 is 0 Å². The van der Waals surface area contributed by atoms with Crippen molar-refractivity contribution in [2.24, 2.45) is 5.10 Å². The first kappa shape index (κ1) is 21.6. The van der Waals surface area contributed by atoms with E-state index in [0.717, 1.165) is 19.2 Å². The molecule has 0 aliphatic heterocycles. The highest BCUT2D eigenvalue weighted by Crippen LogP contribution is 2.23. The number of hydrogen-bond donors (Lipinski definition) is 0. The summed E-state index contributed by atoms with van der Waals surface area (Å²) in [6.45, 7) is 2.02. The lowest BCUT2D eigenvalue weighted by Crippen LogP contribution is -2.20. The van der Waals surface area contributed by atoms with Gasteiger partial charge >= 0.3 is 0 Å². The minimum absolute atomic E-state index is 0.232. The van der Waals surface area contributed by atoms with Crippen LogP contribution in [0.4, 0.5) is 4.39 Å². The monoisotopic (exact) mass is 591 g/mol. The number of benzene rings is 3. The van der Waals surface area contributed by atoms with Crippen molar-refractivity contribution in [3.05, 3.63) is 102 Å². The molecule has 0 saturated heterocycles. The fourth-order valence-corrected chi connectivity index (χ4v) is 4.08. The lowest BCUT2D eigenvalue weighted by molar-refractivity contribution is 0.303. The SMILES string of the molecule is Cc1nc2ccc(Br)cc2c(=O)n1N=Cc1ccc(OCc2cccc(F)c2)c(I)c1. The van der Waals surface area contributed by atoms with Crippen LogP contribution in [-0.2, 0) is 6.61 Å². The Morgan fingerprint density at radius 2 is 2.03 bits per heavy atom. The summed E-state index contributed by atoms with van der Waals surface area (Å²) in [4.78, 5) is 17.3. The zero-order chi connectivity index (χ0) is 22.0. The maximum Gasteiger partial charge on any atom is 0.282 e. The van der Waals surface area contributed by atoms with Crippen molar-refractivity contribution >= 4 is 55.6 Å². The predicted molar refractivity (Wildman–Crippen MR) is 131 cm³/mol.